The molecule has 0 aliphatic carbocycles. The minimum atomic E-state index is -3.65. The fourth-order valence-corrected chi connectivity index (χ4v) is 1.95. The molecule has 1 aromatic rings. The number of hydrogen-bond donors (Lipinski definition) is 2. The molecular weight excluding hydrogens is 294 g/mol. The molecule has 116 valence electrons. The second kappa shape index (κ2) is 6.26. The molecule has 6 nitrogen and oxygen atoms in total. The van der Waals surface area contributed by atoms with Crippen molar-refractivity contribution in [2.45, 2.75) is 31.1 Å². The van der Waals surface area contributed by atoms with Crippen molar-refractivity contribution in [3.63, 3.8) is 0 Å². The lowest BCUT2D eigenvalue weighted by Crippen LogP contribution is -2.53. The molecule has 1 unspecified atom stereocenters. The first-order valence-electron chi connectivity index (χ1n) is 6.33. The van der Waals surface area contributed by atoms with Crippen molar-refractivity contribution in [3.05, 3.63) is 35.9 Å². The maximum atomic E-state index is 12.1. The van der Waals surface area contributed by atoms with Crippen molar-refractivity contribution in [1.29, 1.82) is 0 Å². The van der Waals surface area contributed by atoms with Crippen molar-refractivity contribution >= 4 is 21.7 Å². The summed E-state index contributed by atoms with van der Waals surface area (Å²) in [5.74, 6) is -2.04. The average molecular weight is 313 g/mol. The van der Waals surface area contributed by atoms with E-state index in [4.69, 9.17) is 0 Å². The summed E-state index contributed by atoms with van der Waals surface area (Å²) in [4.78, 5) is 23.3. The van der Waals surface area contributed by atoms with Crippen LogP contribution < -0.4 is 5.32 Å². The minimum absolute atomic E-state index is 0.0851. The average Bonchev–Trinajstić information content (AvgIpc) is 2.37. The highest BCUT2D eigenvalue weighted by Crippen LogP contribution is 2.16. The number of aliphatic carboxylic acids is 1. The third kappa shape index (κ3) is 4.29. The fourth-order valence-electron chi connectivity index (χ4n) is 1.55. The molecule has 0 saturated carbocycles. The van der Waals surface area contributed by atoms with Crippen LogP contribution in [0.3, 0.4) is 0 Å². The van der Waals surface area contributed by atoms with E-state index in [9.17, 15) is 23.1 Å². The second-order valence-corrected chi connectivity index (χ2v) is 7.90. The predicted molar refractivity (Wildman–Crippen MR) is 78.6 cm³/mol. The first kappa shape index (κ1) is 17.2. The number of amides is 1. The van der Waals surface area contributed by atoms with Gasteiger partial charge < -0.3 is 10.4 Å². The molecule has 0 aromatic heterocycles. The molecule has 0 aliphatic heterocycles. The SMILES string of the molecule is CC(C)(C(=O)NC(Cc1ccccc1)C(=O)O)S(C)(=O)=O. The van der Waals surface area contributed by atoms with Crippen LogP contribution in [0, 0.1) is 0 Å². The van der Waals surface area contributed by atoms with Gasteiger partial charge in [-0.15, -0.1) is 0 Å². The van der Waals surface area contributed by atoms with Gasteiger partial charge in [-0.1, -0.05) is 30.3 Å². The number of carboxylic acids is 1. The Morgan fingerprint density at radius 1 is 1.24 bits per heavy atom. The largest absolute Gasteiger partial charge is 0.480 e. The first-order chi connectivity index (χ1) is 9.55. The van der Waals surface area contributed by atoms with E-state index in [-0.39, 0.29) is 6.42 Å². The van der Waals surface area contributed by atoms with Gasteiger partial charge in [-0.3, -0.25) is 4.79 Å². The van der Waals surface area contributed by atoms with E-state index in [1.165, 1.54) is 13.8 Å². The highest BCUT2D eigenvalue weighted by atomic mass is 32.2. The Morgan fingerprint density at radius 2 is 1.76 bits per heavy atom. The Balaban J connectivity index is 2.90. The fraction of sp³-hybridized carbons (Fsp3) is 0.429. The number of nitrogens with one attached hydrogen (secondary N) is 1. The summed E-state index contributed by atoms with van der Waals surface area (Å²) in [5.41, 5.74) is 0.738. The van der Waals surface area contributed by atoms with E-state index in [0.717, 1.165) is 11.8 Å². The zero-order chi connectivity index (χ0) is 16.3. The van der Waals surface area contributed by atoms with Crippen LogP contribution in [0.1, 0.15) is 19.4 Å². The van der Waals surface area contributed by atoms with E-state index in [1.807, 2.05) is 0 Å². The third-order valence-electron chi connectivity index (χ3n) is 3.36. The van der Waals surface area contributed by atoms with E-state index in [1.54, 1.807) is 30.3 Å². The van der Waals surface area contributed by atoms with Gasteiger partial charge in [0, 0.05) is 12.7 Å². The van der Waals surface area contributed by atoms with Crippen LogP contribution in [-0.4, -0.2) is 42.4 Å². The molecule has 2 N–H and O–H groups in total. The van der Waals surface area contributed by atoms with Gasteiger partial charge in [-0.25, -0.2) is 13.2 Å². The molecule has 0 heterocycles. The van der Waals surface area contributed by atoms with Gasteiger partial charge in [0.1, 0.15) is 10.8 Å². The first-order valence-corrected chi connectivity index (χ1v) is 8.22. The number of carbonyl (C=O) groups is 2. The molecule has 0 radical (unpaired) electrons. The maximum Gasteiger partial charge on any atom is 0.326 e. The summed E-state index contributed by atoms with van der Waals surface area (Å²) >= 11 is 0. The number of carboxylic acid groups (broad SMARTS) is 1. The van der Waals surface area contributed by atoms with Crippen molar-refractivity contribution in [3.8, 4) is 0 Å². The lowest BCUT2D eigenvalue weighted by Gasteiger charge is -2.24. The normalized spacial score (nSPS) is 13.5. The zero-order valence-electron chi connectivity index (χ0n) is 12.2. The molecule has 0 spiro atoms. The molecule has 1 atom stereocenters. The van der Waals surface area contributed by atoms with Crippen molar-refractivity contribution in [1.82, 2.24) is 5.32 Å². The standard InChI is InChI=1S/C14H19NO5S/c1-14(2,21(3,19)20)13(18)15-11(12(16)17)9-10-7-5-4-6-8-10/h4-8,11H,9H2,1-3H3,(H,15,18)(H,16,17). The van der Waals surface area contributed by atoms with Crippen LogP contribution in [0.15, 0.2) is 30.3 Å². The number of carbonyl (C=O) groups excluding carboxylic acids is 1. The van der Waals surface area contributed by atoms with E-state index in [2.05, 4.69) is 5.32 Å². The highest BCUT2D eigenvalue weighted by molar-refractivity contribution is 7.92. The highest BCUT2D eigenvalue weighted by Gasteiger charge is 2.40. The van der Waals surface area contributed by atoms with Gasteiger partial charge in [0.15, 0.2) is 9.84 Å². The molecule has 0 saturated heterocycles. The van der Waals surface area contributed by atoms with E-state index in [0.29, 0.717) is 0 Å². The van der Waals surface area contributed by atoms with Gasteiger partial charge >= 0.3 is 5.97 Å². The molecule has 0 bridgehead atoms. The quantitative estimate of drug-likeness (QED) is 0.802. The smallest absolute Gasteiger partial charge is 0.326 e. The Bertz CT molecular complexity index is 622. The second-order valence-electron chi connectivity index (χ2n) is 5.34. The zero-order valence-corrected chi connectivity index (χ0v) is 13.0. The van der Waals surface area contributed by atoms with Gasteiger partial charge in [-0.05, 0) is 19.4 Å². The minimum Gasteiger partial charge on any atom is -0.480 e. The summed E-state index contributed by atoms with van der Waals surface area (Å²) in [5, 5.41) is 11.5. The van der Waals surface area contributed by atoms with Gasteiger partial charge in [0.2, 0.25) is 5.91 Å². The lowest BCUT2D eigenvalue weighted by molar-refractivity contribution is -0.142. The molecule has 1 amide bonds. The molecule has 0 aliphatic rings. The molecule has 1 aromatic carbocycles. The Labute approximate surface area is 124 Å². The van der Waals surface area contributed by atoms with Crippen molar-refractivity contribution in [2.24, 2.45) is 0 Å². The third-order valence-corrected chi connectivity index (χ3v) is 5.40. The van der Waals surface area contributed by atoms with Gasteiger partial charge in [0.05, 0.1) is 0 Å². The maximum absolute atomic E-state index is 12.1. The summed E-state index contributed by atoms with van der Waals surface area (Å²) in [6.07, 6.45) is 1.03. The molecular formula is C14H19NO5S. The van der Waals surface area contributed by atoms with Gasteiger partial charge in [-0.2, -0.15) is 0 Å². The van der Waals surface area contributed by atoms with Crippen LogP contribution in [0.5, 0.6) is 0 Å². The molecule has 1 rings (SSSR count). The summed E-state index contributed by atoms with van der Waals surface area (Å²) in [6.45, 7) is 2.50. The van der Waals surface area contributed by atoms with Crippen molar-refractivity contribution in [2.75, 3.05) is 6.26 Å². The Kier molecular flexibility index (Phi) is 5.11. The predicted octanol–water partition coefficient (Wildman–Crippen LogP) is 0.622. The molecule has 21 heavy (non-hydrogen) atoms. The molecule has 7 heteroatoms. The lowest BCUT2D eigenvalue weighted by atomic mass is 10.0. The van der Waals surface area contributed by atoms with Crippen LogP contribution >= 0.6 is 0 Å². The summed E-state index contributed by atoms with van der Waals surface area (Å²) in [6, 6.07) is 7.62. The number of sulfone groups is 1. The van der Waals surface area contributed by atoms with Crippen LogP contribution in [0.25, 0.3) is 0 Å². The topological polar surface area (TPSA) is 101 Å². The van der Waals surface area contributed by atoms with Crippen molar-refractivity contribution < 1.29 is 23.1 Å². The summed E-state index contributed by atoms with van der Waals surface area (Å²) < 4.78 is 21.5. The number of benzene rings is 1. The van der Waals surface area contributed by atoms with Crippen LogP contribution in [0.4, 0.5) is 0 Å². The number of rotatable bonds is 6. The molecule has 0 fully saturated rings. The van der Waals surface area contributed by atoms with Crippen LogP contribution in [-0.2, 0) is 25.8 Å². The Morgan fingerprint density at radius 3 is 2.19 bits per heavy atom. The number of hydrogen-bond acceptors (Lipinski definition) is 4. The monoisotopic (exact) mass is 313 g/mol. The van der Waals surface area contributed by atoms with Crippen LogP contribution in [0.2, 0.25) is 0 Å². The summed E-state index contributed by atoms with van der Waals surface area (Å²) in [7, 11) is -3.65. The van der Waals surface area contributed by atoms with E-state index >= 15 is 0 Å². The van der Waals surface area contributed by atoms with Gasteiger partial charge in [0.25, 0.3) is 0 Å². The Hall–Kier alpha value is -1.89. The van der Waals surface area contributed by atoms with E-state index < -0.39 is 32.5 Å².